The smallest absolute Gasteiger partial charge is 0.241 e. The van der Waals surface area contributed by atoms with Crippen LogP contribution in [0.2, 0.25) is 0 Å². The van der Waals surface area contributed by atoms with Gasteiger partial charge >= 0.3 is 0 Å². The predicted octanol–water partition coefficient (Wildman–Crippen LogP) is 2.09. The van der Waals surface area contributed by atoms with Gasteiger partial charge in [-0.3, -0.25) is 14.6 Å². The Hall–Kier alpha value is -2.44. The molecule has 3 aliphatic rings. The summed E-state index contributed by atoms with van der Waals surface area (Å²) in [6.45, 7) is 17.1. The maximum Gasteiger partial charge on any atom is 0.241 e. The Kier molecular flexibility index (Phi) is 7.22. The molecular formula is C28H40N8O2S. The highest BCUT2D eigenvalue weighted by atomic mass is 32.1. The van der Waals surface area contributed by atoms with Crippen molar-refractivity contribution in [1.29, 1.82) is 0 Å². The van der Waals surface area contributed by atoms with Crippen molar-refractivity contribution in [3.63, 3.8) is 0 Å². The summed E-state index contributed by atoms with van der Waals surface area (Å²) in [5.41, 5.74) is 3.70. The van der Waals surface area contributed by atoms with Crippen molar-refractivity contribution in [3.8, 4) is 0 Å². The highest BCUT2D eigenvalue weighted by Gasteiger charge is 2.42. The van der Waals surface area contributed by atoms with E-state index in [0.29, 0.717) is 25.2 Å². The van der Waals surface area contributed by atoms with Gasteiger partial charge in [0.2, 0.25) is 5.91 Å². The summed E-state index contributed by atoms with van der Waals surface area (Å²) in [5.74, 6) is 0.148. The van der Waals surface area contributed by atoms with Crippen molar-refractivity contribution < 1.29 is 9.53 Å². The van der Waals surface area contributed by atoms with Gasteiger partial charge in [0.15, 0.2) is 5.65 Å². The molecule has 3 atom stereocenters. The summed E-state index contributed by atoms with van der Waals surface area (Å²) in [6.07, 6.45) is 4.28. The highest BCUT2D eigenvalue weighted by Crippen LogP contribution is 2.42. The number of hydrogen-bond acceptors (Lipinski definition) is 9. The third kappa shape index (κ3) is 5.22. The fraction of sp³-hybridized carbons (Fsp3) is 0.643. The Morgan fingerprint density at radius 3 is 2.87 bits per heavy atom. The molecule has 0 saturated carbocycles. The van der Waals surface area contributed by atoms with E-state index in [1.807, 2.05) is 22.5 Å². The fourth-order valence-corrected chi connectivity index (χ4v) is 7.24. The van der Waals surface area contributed by atoms with Crippen LogP contribution in [0.5, 0.6) is 0 Å². The van der Waals surface area contributed by atoms with E-state index in [0.717, 1.165) is 73.4 Å². The average Bonchev–Trinajstić information content (AvgIpc) is 3.60. The zero-order valence-corrected chi connectivity index (χ0v) is 24.5. The lowest BCUT2D eigenvalue weighted by molar-refractivity contribution is -0.121. The van der Waals surface area contributed by atoms with Crippen LogP contribution in [0.3, 0.4) is 0 Å². The van der Waals surface area contributed by atoms with Gasteiger partial charge in [-0.05, 0) is 26.8 Å². The van der Waals surface area contributed by atoms with E-state index in [9.17, 15) is 4.79 Å². The number of thiazole rings is 1. The van der Waals surface area contributed by atoms with Crippen LogP contribution < -0.4 is 10.2 Å². The molecule has 1 amide bonds. The van der Waals surface area contributed by atoms with Crippen molar-refractivity contribution in [3.05, 3.63) is 39.7 Å². The number of carbonyl (C=O) groups excluding carboxylic acids is 1. The molecule has 6 rings (SSSR count). The molecule has 2 saturated heterocycles. The van der Waals surface area contributed by atoms with E-state index in [1.54, 1.807) is 17.7 Å². The summed E-state index contributed by atoms with van der Waals surface area (Å²) in [4.78, 5) is 31.2. The third-order valence-corrected chi connectivity index (χ3v) is 9.35. The molecule has 6 heterocycles. The molecule has 0 unspecified atom stereocenters. The first kappa shape index (κ1) is 26.8. The van der Waals surface area contributed by atoms with Gasteiger partial charge in [-0.15, -0.1) is 11.3 Å². The normalized spacial score (nSPS) is 25.9. The van der Waals surface area contributed by atoms with Crippen molar-refractivity contribution in [1.82, 2.24) is 34.7 Å². The molecule has 3 aromatic heterocycles. The number of aryl methyl sites for hydroxylation is 1. The van der Waals surface area contributed by atoms with Crippen molar-refractivity contribution in [2.75, 3.05) is 57.4 Å². The zero-order valence-electron chi connectivity index (χ0n) is 23.7. The van der Waals surface area contributed by atoms with Gasteiger partial charge in [0.1, 0.15) is 6.33 Å². The molecule has 0 aromatic carbocycles. The van der Waals surface area contributed by atoms with Gasteiger partial charge in [0.25, 0.3) is 0 Å². The first-order chi connectivity index (χ1) is 18.7. The summed E-state index contributed by atoms with van der Waals surface area (Å²) in [7, 11) is 0. The Labute approximate surface area is 234 Å². The molecule has 210 valence electrons. The molecule has 11 heteroatoms. The van der Waals surface area contributed by atoms with Gasteiger partial charge in [-0.2, -0.15) is 5.10 Å². The standard InChI is InChI=1S/C28H40N8O2S/c1-18-12-34(22(10-29-18)13-33-6-7-38-15-19(33)2)14-25(37)35-16-28(4,5)26-24(35)9-21(27-31-17-32-36(26)27)8-23-11-30-20(3)39-23/h9,11,17-19,22,29H,6-8,10,12-16H2,1-5H3/t18-,19-,22-/m1/s1. The van der Waals surface area contributed by atoms with Crippen LogP contribution in [-0.4, -0.2) is 106 Å². The summed E-state index contributed by atoms with van der Waals surface area (Å²) < 4.78 is 7.62. The number of piperazine rings is 1. The number of aromatic nitrogens is 4. The van der Waals surface area contributed by atoms with E-state index in [1.165, 1.54) is 4.88 Å². The molecule has 3 aliphatic heterocycles. The molecule has 10 nitrogen and oxygen atoms in total. The maximum atomic E-state index is 14.1. The third-order valence-electron chi connectivity index (χ3n) is 8.44. The Morgan fingerprint density at radius 2 is 2.10 bits per heavy atom. The number of amides is 1. The Bertz CT molecular complexity index is 1350. The van der Waals surface area contributed by atoms with Crippen LogP contribution in [0, 0.1) is 6.92 Å². The molecule has 0 aliphatic carbocycles. The van der Waals surface area contributed by atoms with Gasteiger partial charge in [-0.25, -0.2) is 14.5 Å². The highest BCUT2D eigenvalue weighted by molar-refractivity contribution is 7.11. The monoisotopic (exact) mass is 552 g/mol. The number of nitrogens with zero attached hydrogens (tertiary/aromatic N) is 7. The number of morpholine rings is 1. The fourth-order valence-electron chi connectivity index (χ4n) is 6.42. The van der Waals surface area contributed by atoms with Crippen LogP contribution in [0.4, 0.5) is 5.69 Å². The quantitative estimate of drug-likeness (QED) is 0.497. The van der Waals surface area contributed by atoms with Gasteiger partial charge in [-0.1, -0.05) is 13.8 Å². The summed E-state index contributed by atoms with van der Waals surface area (Å²) >= 11 is 1.70. The second kappa shape index (κ2) is 10.5. The minimum absolute atomic E-state index is 0.148. The molecule has 0 spiro atoms. The summed E-state index contributed by atoms with van der Waals surface area (Å²) in [5, 5.41) is 9.31. The minimum Gasteiger partial charge on any atom is -0.379 e. The Morgan fingerprint density at radius 1 is 1.26 bits per heavy atom. The average molecular weight is 553 g/mol. The molecule has 2 fully saturated rings. The number of fused-ring (bicyclic) bond motifs is 3. The summed E-state index contributed by atoms with van der Waals surface area (Å²) in [6, 6.07) is 3.20. The van der Waals surface area contributed by atoms with Crippen LogP contribution in [0.1, 0.15) is 48.8 Å². The number of anilines is 1. The zero-order chi connectivity index (χ0) is 27.3. The molecule has 3 aromatic rings. The maximum absolute atomic E-state index is 14.1. The van der Waals surface area contributed by atoms with Crippen molar-refractivity contribution in [2.45, 2.75) is 64.6 Å². The lowest BCUT2D eigenvalue weighted by Gasteiger charge is -2.43. The number of carbonyl (C=O) groups is 1. The molecule has 39 heavy (non-hydrogen) atoms. The number of pyridine rings is 1. The van der Waals surface area contributed by atoms with Gasteiger partial charge in [0.05, 0.1) is 36.1 Å². The van der Waals surface area contributed by atoms with E-state index in [2.05, 4.69) is 63.9 Å². The largest absolute Gasteiger partial charge is 0.379 e. The topological polar surface area (TPSA) is 91.1 Å². The molecule has 1 N–H and O–H groups in total. The molecule has 0 bridgehead atoms. The Balaban J connectivity index is 1.28. The van der Waals surface area contributed by atoms with Gasteiger partial charge in [0, 0.05) is 79.3 Å². The van der Waals surface area contributed by atoms with E-state index >= 15 is 0 Å². The second-order valence-electron chi connectivity index (χ2n) is 12.1. The minimum atomic E-state index is -0.240. The molecular weight excluding hydrogens is 512 g/mol. The van der Waals surface area contributed by atoms with Gasteiger partial charge < -0.3 is 15.0 Å². The van der Waals surface area contributed by atoms with Crippen LogP contribution in [0.25, 0.3) is 5.65 Å². The van der Waals surface area contributed by atoms with E-state index in [4.69, 9.17) is 4.74 Å². The van der Waals surface area contributed by atoms with Crippen LogP contribution >= 0.6 is 11.3 Å². The predicted molar refractivity (Wildman–Crippen MR) is 153 cm³/mol. The van der Waals surface area contributed by atoms with Crippen LogP contribution in [-0.2, 0) is 21.4 Å². The SMILES string of the molecule is Cc1ncc(Cc2cc3c(n4ncnc24)C(C)(C)CN3C(=O)CN2C[C@@H](C)NC[C@@H]2CN2CCOC[C@H]2C)s1. The van der Waals surface area contributed by atoms with E-state index in [-0.39, 0.29) is 17.4 Å². The van der Waals surface area contributed by atoms with Crippen molar-refractivity contribution >= 4 is 28.6 Å². The second-order valence-corrected chi connectivity index (χ2v) is 13.4. The number of ether oxygens (including phenoxy) is 1. The van der Waals surface area contributed by atoms with E-state index < -0.39 is 0 Å². The number of rotatable bonds is 6. The van der Waals surface area contributed by atoms with Crippen LogP contribution in [0.15, 0.2) is 18.6 Å². The van der Waals surface area contributed by atoms with Crippen molar-refractivity contribution in [2.24, 2.45) is 0 Å². The first-order valence-electron chi connectivity index (χ1n) is 14.1. The lowest BCUT2D eigenvalue weighted by atomic mass is 9.91. The lowest BCUT2D eigenvalue weighted by Crippen LogP contribution is -2.62. The molecule has 0 radical (unpaired) electrons. The number of hydrogen-bond donors (Lipinski definition) is 1. The first-order valence-corrected chi connectivity index (χ1v) is 14.9. The number of nitrogens with one attached hydrogen (secondary N) is 1.